The Hall–Kier alpha value is -3.15. The molecule has 0 saturated heterocycles. The molecule has 0 bridgehead atoms. The van der Waals surface area contributed by atoms with E-state index in [-0.39, 0.29) is 12.1 Å². The molecule has 2 amide bonds. The summed E-state index contributed by atoms with van der Waals surface area (Å²) in [7, 11) is 3.15. The number of aromatic nitrogens is 2. The third-order valence-electron chi connectivity index (χ3n) is 4.83. The van der Waals surface area contributed by atoms with Crippen molar-refractivity contribution >= 4 is 11.8 Å². The van der Waals surface area contributed by atoms with E-state index in [4.69, 9.17) is 10.5 Å². The van der Waals surface area contributed by atoms with Gasteiger partial charge in [0.2, 0.25) is 5.60 Å². The fourth-order valence-electron chi connectivity index (χ4n) is 3.20. The van der Waals surface area contributed by atoms with Gasteiger partial charge in [-0.2, -0.15) is 5.10 Å². The Morgan fingerprint density at radius 1 is 1.41 bits per heavy atom. The highest BCUT2D eigenvalue weighted by atomic mass is 16.5. The molecular weight excluding hydrogens is 372 g/mol. The number of nitrogens with two attached hydrogens (primary N) is 1. The number of aliphatic hydroxyl groups is 1. The van der Waals surface area contributed by atoms with Gasteiger partial charge < -0.3 is 20.5 Å². The van der Waals surface area contributed by atoms with E-state index in [0.717, 1.165) is 5.69 Å². The van der Waals surface area contributed by atoms with E-state index in [1.807, 2.05) is 6.07 Å². The first-order valence-electron chi connectivity index (χ1n) is 9.33. The maximum atomic E-state index is 12.2. The fourth-order valence-corrected chi connectivity index (χ4v) is 3.20. The lowest BCUT2D eigenvalue weighted by Crippen LogP contribution is -2.44. The van der Waals surface area contributed by atoms with Gasteiger partial charge >= 0.3 is 0 Å². The van der Waals surface area contributed by atoms with Crippen LogP contribution < -0.4 is 5.73 Å². The Morgan fingerprint density at radius 2 is 2.17 bits per heavy atom. The van der Waals surface area contributed by atoms with Crippen molar-refractivity contribution in [2.24, 2.45) is 5.73 Å². The van der Waals surface area contributed by atoms with Crippen LogP contribution in [-0.2, 0) is 22.6 Å². The minimum Gasteiger partial charge on any atom is -0.376 e. The van der Waals surface area contributed by atoms with Crippen molar-refractivity contribution < 1.29 is 19.4 Å². The van der Waals surface area contributed by atoms with Crippen LogP contribution in [0.3, 0.4) is 0 Å². The van der Waals surface area contributed by atoms with Crippen molar-refractivity contribution in [2.75, 3.05) is 20.7 Å². The third kappa shape index (κ3) is 4.01. The average molecular weight is 396 g/mol. The van der Waals surface area contributed by atoms with Crippen LogP contribution in [0.25, 0.3) is 5.69 Å². The van der Waals surface area contributed by atoms with Crippen LogP contribution in [0.2, 0.25) is 0 Å². The molecule has 2 heterocycles. The standard InChI is InChI=1S/C21H24N4O4/c1-4-21(28,20(27)24(2)3)10-8-14-6-5-7-15(12-14)25-17-9-11-29-13-16(17)18(23-25)19(22)26/h5-7,12,28H,4,9,11,13H2,1-3H3,(H2,22,26)/t21-/m1/s1. The number of rotatable bonds is 4. The monoisotopic (exact) mass is 396 g/mol. The average Bonchev–Trinajstić information content (AvgIpc) is 3.11. The lowest BCUT2D eigenvalue weighted by Gasteiger charge is -2.23. The zero-order valence-corrected chi connectivity index (χ0v) is 16.7. The number of hydrogen-bond donors (Lipinski definition) is 2. The summed E-state index contributed by atoms with van der Waals surface area (Å²) in [6, 6.07) is 7.21. The van der Waals surface area contributed by atoms with Gasteiger partial charge in [0, 0.05) is 31.6 Å². The number of likely N-dealkylation sites (N-methyl/N-ethyl adjacent to an activating group) is 1. The lowest BCUT2D eigenvalue weighted by atomic mass is 9.99. The molecule has 0 unspecified atom stereocenters. The number of ether oxygens (including phenoxy) is 1. The maximum Gasteiger partial charge on any atom is 0.269 e. The largest absolute Gasteiger partial charge is 0.376 e. The molecule has 1 aliphatic rings. The second-order valence-electron chi connectivity index (χ2n) is 7.07. The quantitative estimate of drug-likeness (QED) is 0.737. The summed E-state index contributed by atoms with van der Waals surface area (Å²) in [4.78, 5) is 25.3. The Morgan fingerprint density at radius 3 is 2.83 bits per heavy atom. The number of primary amides is 1. The molecule has 8 nitrogen and oxygen atoms in total. The molecule has 1 atom stereocenters. The number of fused-ring (bicyclic) bond motifs is 1. The van der Waals surface area contributed by atoms with Gasteiger partial charge in [-0.15, -0.1) is 0 Å². The molecule has 0 spiro atoms. The van der Waals surface area contributed by atoms with E-state index in [1.165, 1.54) is 4.90 Å². The fraction of sp³-hybridized carbons (Fsp3) is 0.381. The van der Waals surface area contributed by atoms with E-state index >= 15 is 0 Å². The molecule has 1 aliphatic heterocycles. The summed E-state index contributed by atoms with van der Waals surface area (Å²) in [5.74, 6) is 4.52. The lowest BCUT2D eigenvalue weighted by molar-refractivity contribution is -0.143. The molecule has 0 fully saturated rings. The number of benzene rings is 1. The molecule has 0 saturated carbocycles. The first-order chi connectivity index (χ1) is 13.8. The van der Waals surface area contributed by atoms with Crippen molar-refractivity contribution in [1.82, 2.24) is 14.7 Å². The van der Waals surface area contributed by atoms with Gasteiger partial charge in [0.05, 0.1) is 24.6 Å². The highest BCUT2D eigenvalue weighted by Crippen LogP contribution is 2.24. The molecule has 3 rings (SSSR count). The van der Waals surface area contributed by atoms with E-state index in [0.29, 0.717) is 36.4 Å². The maximum absolute atomic E-state index is 12.2. The molecule has 29 heavy (non-hydrogen) atoms. The number of carbonyl (C=O) groups excluding carboxylic acids is 2. The summed E-state index contributed by atoms with van der Waals surface area (Å²) in [6.07, 6.45) is 0.782. The van der Waals surface area contributed by atoms with Crippen molar-refractivity contribution in [1.29, 1.82) is 0 Å². The van der Waals surface area contributed by atoms with Crippen LogP contribution in [0.1, 0.15) is 40.7 Å². The Bertz CT molecular complexity index is 1020. The Labute approximate surface area is 169 Å². The highest BCUT2D eigenvalue weighted by molar-refractivity contribution is 5.92. The van der Waals surface area contributed by atoms with Crippen LogP contribution in [0, 0.1) is 11.8 Å². The van der Waals surface area contributed by atoms with E-state index in [1.54, 1.807) is 43.9 Å². The minimum atomic E-state index is -1.75. The van der Waals surface area contributed by atoms with Crippen LogP contribution in [0.5, 0.6) is 0 Å². The number of amides is 2. The highest BCUT2D eigenvalue weighted by Gasteiger charge is 2.33. The predicted molar refractivity (Wildman–Crippen MR) is 106 cm³/mol. The van der Waals surface area contributed by atoms with Gasteiger partial charge in [-0.1, -0.05) is 24.8 Å². The van der Waals surface area contributed by atoms with Gasteiger partial charge in [0.25, 0.3) is 11.8 Å². The SMILES string of the molecule is CC[C@@](O)(C#Cc1cccc(-n2nc(C(N)=O)c3c2CCOC3)c1)C(=O)N(C)C. The zero-order chi connectivity index (χ0) is 21.2. The van der Waals surface area contributed by atoms with Crippen molar-refractivity contribution in [3.8, 4) is 17.5 Å². The smallest absolute Gasteiger partial charge is 0.269 e. The van der Waals surface area contributed by atoms with Crippen LogP contribution >= 0.6 is 0 Å². The van der Waals surface area contributed by atoms with E-state index in [9.17, 15) is 14.7 Å². The molecule has 3 N–H and O–H groups in total. The van der Waals surface area contributed by atoms with E-state index < -0.39 is 17.4 Å². The second kappa shape index (κ2) is 8.07. The molecule has 152 valence electrons. The van der Waals surface area contributed by atoms with Gasteiger partial charge in [-0.25, -0.2) is 4.68 Å². The topological polar surface area (TPSA) is 111 Å². The summed E-state index contributed by atoms with van der Waals surface area (Å²) >= 11 is 0. The van der Waals surface area contributed by atoms with Crippen LogP contribution in [-0.4, -0.2) is 57.9 Å². The van der Waals surface area contributed by atoms with Crippen LogP contribution in [0.4, 0.5) is 0 Å². The molecule has 8 heteroatoms. The van der Waals surface area contributed by atoms with Gasteiger partial charge in [0.1, 0.15) is 0 Å². The summed E-state index contributed by atoms with van der Waals surface area (Å²) in [5.41, 5.74) is 6.82. The number of carbonyl (C=O) groups is 2. The molecule has 0 aliphatic carbocycles. The summed E-state index contributed by atoms with van der Waals surface area (Å²) in [6.45, 7) is 2.53. The van der Waals surface area contributed by atoms with Crippen LogP contribution in [0.15, 0.2) is 24.3 Å². The normalized spacial score (nSPS) is 14.9. The van der Waals surface area contributed by atoms with E-state index in [2.05, 4.69) is 16.9 Å². The number of nitrogens with zero attached hydrogens (tertiary/aromatic N) is 3. The summed E-state index contributed by atoms with van der Waals surface area (Å²) in [5, 5.41) is 15.0. The van der Waals surface area contributed by atoms with Gasteiger partial charge in [-0.3, -0.25) is 9.59 Å². The van der Waals surface area contributed by atoms with Crippen molar-refractivity contribution in [2.45, 2.75) is 32.0 Å². The minimum absolute atomic E-state index is 0.172. The third-order valence-corrected chi connectivity index (χ3v) is 4.83. The first-order valence-corrected chi connectivity index (χ1v) is 9.33. The number of hydrogen-bond acceptors (Lipinski definition) is 5. The molecule has 1 aromatic carbocycles. The van der Waals surface area contributed by atoms with Gasteiger partial charge in [0.15, 0.2) is 5.69 Å². The summed E-state index contributed by atoms with van der Waals surface area (Å²) < 4.78 is 7.12. The predicted octanol–water partition coefficient (Wildman–Crippen LogP) is 0.625. The zero-order valence-electron chi connectivity index (χ0n) is 16.7. The van der Waals surface area contributed by atoms with Gasteiger partial charge in [-0.05, 0) is 24.6 Å². The second-order valence-corrected chi connectivity index (χ2v) is 7.07. The molecule has 1 aromatic heterocycles. The van der Waals surface area contributed by atoms with Crippen molar-refractivity contribution in [3.05, 3.63) is 46.8 Å². The molecule has 0 radical (unpaired) electrons. The van der Waals surface area contributed by atoms with Crippen molar-refractivity contribution in [3.63, 3.8) is 0 Å². The Kier molecular flexibility index (Phi) is 5.73. The molecular formula is C21H24N4O4. The molecule has 2 aromatic rings. The first kappa shape index (κ1) is 20.6. The Balaban J connectivity index is 2.00.